The number of carbonyl (C=O) groups is 1. The van der Waals surface area contributed by atoms with Crippen molar-refractivity contribution in [2.45, 2.75) is 39.5 Å². The summed E-state index contributed by atoms with van der Waals surface area (Å²) >= 11 is 7.51. The van der Waals surface area contributed by atoms with Crippen molar-refractivity contribution in [1.82, 2.24) is 0 Å². The Morgan fingerprint density at radius 3 is 2.81 bits per heavy atom. The fourth-order valence-electron chi connectivity index (χ4n) is 2.61. The number of halogens is 1. The molecule has 1 atom stereocenters. The minimum atomic E-state index is 0.128. The van der Waals surface area contributed by atoms with Gasteiger partial charge in [-0.25, -0.2) is 0 Å². The van der Waals surface area contributed by atoms with Crippen LogP contribution in [-0.4, -0.2) is 5.78 Å². The first-order valence-electron chi connectivity index (χ1n) is 5.79. The van der Waals surface area contributed by atoms with Crippen molar-refractivity contribution in [1.29, 1.82) is 0 Å². The molecule has 1 aliphatic rings. The summed E-state index contributed by atoms with van der Waals surface area (Å²) in [6, 6.07) is 1.81. The van der Waals surface area contributed by atoms with Crippen LogP contribution in [0.4, 0.5) is 0 Å². The highest BCUT2D eigenvalue weighted by Crippen LogP contribution is 2.43. The number of rotatable bonds is 2. The normalized spacial score (nSPS) is 24.3. The van der Waals surface area contributed by atoms with Gasteiger partial charge in [0.1, 0.15) is 0 Å². The van der Waals surface area contributed by atoms with Gasteiger partial charge >= 0.3 is 0 Å². The van der Waals surface area contributed by atoms with E-state index in [-0.39, 0.29) is 17.1 Å². The fraction of sp³-hybridized carbons (Fsp3) is 0.615. The van der Waals surface area contributed by atoms with Crippen LogP contribution in [-0.2, 0) is 0 Å². The van der Waals surface area contributed by atoms with E-state index in [2.05, 4.69) is 13.8 Å². The molecule has 0 spiro atoms. The lowest BCUT2D eigenvalue weighted by molar-refractivity contribution is 0.0702. The maximum Gasteiger partial charge on any atom is 0.177 e. The van der Waals surface area contributed by atoms with Crippen molar-refractivity contribution in [3.8, 4) is 0 Å². The van der Waals surface area contributed by atoms with Gasteiger partial charge in [0.15, 0.2) is 5.78 Å². The third kappa shape index (κ3) is 2.18. The molecule has 0 aromatic carbocycles. The zero-order chi connectivity index (χ0) is 11.8. The first-order chi connectivity index (χ1) is 7.52. The van der Waals surface area contributed by atoms with Gasteiger partial charge in [0.25, 0.3) is 0 Å². The lowest BCUT2D eigenvalue weighted by Crippen LogP contribution is -2.33. The van der Waals surface area contributed by atoms with Crippen LogP contribution in [0.1, 0.15) is 49.2 Å². The number of hydrogen-bond acceptors (Lipinski definition) is 2. The first-order valence-corrected chi connectivity index (χ1v) is 7.05. The highest BCUT2D eigenvalue weighted by molar-refractivity contribution is 7.12. The van der Waals surface area contributed by atoms with E-state index in [1.807, 2.05) is 11.4 Å². The second-order valence-corrected chi connectivity index (χ2v) is 6.57. The molecular weight excluding hydrogens is 240 g/mol. The fourth-order valence-corrected chi connectivity index (χ4v) is 3.75. The smallest absolute Gasteiger partial charge is 0.177 e. The van der Waals surface area contributed by atoms with E-state index in [9.17, 15) is 4.79 Å². The van der Waals surface area contributed by atoms with E-state index in [1.165, 1.54) is 24.2 Å². The van der Waals surface area contributed by atoms with Crippen molar-refractivity contribution in [3.63, 3.8) is 0 Å². The molecule has 0 saturated heterocycles. The van der Waals surface area contributed by atoms with Crippen molar-refractivity contribution < 1.29 is 4.79 Å². The summed E-state index contributed by atoms with van der Waals surface area (Å²) in [5.74, 6) is 0.405. The maximum absolute atomic E-state index is 12.4. The molecule has 2 rings (SSSR count). The summed E-state index contributed by atoms with van der Waals surface area (Å²) in [5, 5.41) is 2.52. The van der Waals surface area contributed by atoms with E-state index in [1.54, 1.807) is 0 Å². The lowest BCUT2D eigenvalue weighted by atomic mass is 9.67. The molecule has 0 radical (unpaired) electrons. The Morgan fingerprint density at radius 2 is 2.25 bits per heavy atom. The topological polar surface area (TPSA) is 17.1 Å². The Morgan fingerprint density at radius 1 is 1.50 bits per heavy atom. The predicted octanol–water partition coefficient (Wildman–Crippen LogP) is 4.80. The molecule has 0 N–H and O–H groups in total. The third-order valence-corrected chi connectivity index (χ3v) is 5.02. The van der Waals surface area contributed by atoms with Crippen LogP contribution in [0.25, 0.3) is 0 Å². The molecule has 1 aliphatic carbocycles. The average Bonchev–Trinajstić information content (AvgIpc) is 2.63. The van der Waals surface area contributed by atoms with Crippen LogP contribution in [0.5, 0.6) is 0 Å². The van der Waals surface area contributed by atoms with Gasteiger partial charge in [-0.2, -0.15) is 0 Å². The minimum absolute atomic E-state index is 0.128. The van der Waals surface area contributed by atoms with Gasteiger partial charge < -0.3 is 0 Å². The molecule has 1 aromatic heterocycles. The number of ketones is 1. The van der Waals surface area contributed by atoms with Crippen LogP contribution in [0, 0.1) is 11.3 Å². The molecule has 1 saturated carbocycles. The Balaban J connectivity index is 2.24. The summed E-state index contributed by atoms with van der Waals surface area (Å²) in [6.45, 7) is 4.41. The van der Waals surface area contributed by atoms with Crippen molar-refractivity contribution in [2.24, 2.45) is 11.3 Å². The summed E-state index contributed by atoms with van der Waals surface area (Å²) in [5.41, 5.74) is 0.128. The monoisotopic (exact) mass is 256 g/mol. The minimum Gasteiger partial charge on any atom is -0.293 e. The van der Waals surface area contributed by atoms with Gasteiger partial charge in [-0.3, -0.25) is 4.79 Å². The van der Waals surface area contributed by atoms with Gasteiger partial charge in [0.2, 0.25) is 0 Å². The van der Waals surface area contributed by atoms with Crippen molar-refractivity contribution >= 4 is 28.7 Å². The second kappa shape index (κ2) is 4.50. The average molecular weight is 257 g/mol. The zero-order valence-corrected chi connectivity index (χ0v) is 11.3. The summed E-state index contributed by atoms with van der Waals surface area (Å²) in [4.78, 5) is 13.2. The van der Waals surface area contributed by atoms with E-state index >= 15 is 0 Å². The van der Waals surface area contributed by atoms with Gasteiger partial charge in [0, 0.05) is 5.92 Å². The summed E-state index contributed by atoms with van der Waals surface area (Å²) in [7, 11) is 0. The number of hydrogen-bond donors (Lipinski definition) is 0. The van der Waals surface area contributed by atoms with E-state index in [0.29, 0.717) is 5.02 Å². The SMILES string of the molecule is CC1(C)CCCCC1C(=O)c1sccc1Cl. The summed E-state index contributed by atoms with van der Waals surface area (Å²) < 4.78 is 0. The molecular formula is C13H17ClOS. The highest BCUT2D eigenvalue weighted by atomic mass is 35.5. The zero-order valence-electron chi connectivity index (χ0n) is 9.75. The molecule has 0 bridgehead atoms. The predicted molar refractivity (Wildman–Crippen MR) is 69.4 cm³/mol. The molecule has 1 unspecified atom stereocenters. The van der Waals surface area contributed by atoms with Crippen LogP contribution in [0.2, 0.25) is 5.02 Å². The van der Waals surface area contributed by atoms with Crippen LogP contribution < -0.4 is 0 Å². The Hall–Kier alpha value is -0.340. The highest BCUT2D eigenvalue weighted by Gasteiger charge is 2.38. The molecule has 16 heavy (non-hydrogen) atoms. The quantitative estimate of drug-likeness (QED) is 0.695. The molecule has 1 fully saturated rings. The molecule has 1 heterocycles. The Bertz CT molecular complexity index is 394. The second-order valence-electron chi connectivity index (χ2n) is 5.25. The van der Waals surface area contributed by atoms with E-state index in [4.69, 9.17) is 11.6 Å². The largest absolute Gasteiger partial charge is 0.293 e. The van der Waals surface area contributed by atoms with Gasteiger partial charge in [-0.15, -0.1) is 11.3 Å². The summed E-state index contributed by atoms with van der Waals surface area (Å²) in [6.07, 6.45) is 4.57. The standard InChI is InChI=1S/C13H17ClOS/c1-13(2)7-4-3-5-9(13)11(15)12-10(14)6-8-16-12/h6,8-9H,3-5,7H2,1-2H3. The van der Waals surface area contributed by atoms with Gasteiger partial charge in [0.05, 0.1) is 9.90 Å². The molecule has 1 aromatic rings. The first kappa shape index (κ1) is 12.1. The molecule has 0 aliphatic heterocycles. The Kier molecular flexibility index (Phi) is 3.41. The van der Waals surface area contributed by atoms with E-state index < -0.39 is 0 Å². The van der Waals surface area contributed by atoms with Crippen molar-refractivity contribution in [3.05, 3.63) is 21.3 Å². The van der Waals surface area contributed by atoms with Crippen LogP contribution in [0.3, 0.4) is 0 Å². The molecule has 0 amide bonds. The van der Waals surface area contributed by atoms with Crippen LogP contribution >= 0.6 is 22.9 Å². The number of carbonyl (C=O) groups excluding carboxylic acids is 1. The number of thiophene rings is 1. The van der Waals surface area contributed by atoms with Crippen LogP contribution in [0.15, 0.2) is 11.4 Å². The maximum atomic E-state index is 12.4. The third-order valence-electron chi connectivity index (χ3n) is 3.66. The molecule has 88 valence electrons. The molecule has 1 nitrogen and oxygen atoms in total. The van der Waals surface area contributed by atoms with E-state index in [0.717, 1.165) is 17.7 Å². The number of Topliss-reactive ketones (excluding diaryl/α,β-unsaturated/α-hetero) is 1. The van der Waals surface area contributed by atoms with Gasteiger partial charge in [-0.1, -0.05) is 38.3 Å². The Labute approximate surface area is 106 Å². The van der Waals surface area contributed by atoms with Gasteiger partial charge in [-0.05, 0) is 29.7 Å². The lowest BCUT2D eigenvalue weighted by Gasteiger charge is -2.37. The molecule has 3 heteroatoms. The van der Waals surface area contributed by atoms with Crippen molar-refractivity contribution in [2.75, 3.05) is 0 Å².